The standard InChI is InChI=1S/C13H18N4O2S/c1-10(9-17-7-3-6-15-17)16-13-5-4-11(8-12(13)14)20(2,18)19/h3-8,10,16H,9,14H2,1-2H3. The van der Waals surface area contributed by atoms with E-state index < -0.39 is 9.84 Å². The van der Waals surface area contributed by atoms with E-state index in [9.17, 15) is 8.42 Å². The Hall–Kier alpha value is -2.02. The van der Waals surface area contributed by atoms with Crippen molar-refractivity contribution in [3.63, 3.8) is 0 Å². The molecule has 0 aliphatic heterocycles. The Labute approximate surface area is 118 Å². The quantitative estimate of drug-likeness (QED) is 0.813. The summed E-state index contributed by atoms with van der Waals surface area (Å²) in [6, 6.07) is 6.68. The molecule has 6 nitrogen and oxygen atoms in total. The molecular formula is C13H18N4O2S. The van der Waals surface area contributed by atoms with Crippen LogP contribution in [0.5, 0.6) is 0 Å². The van der Waals surface area contributed by atoms with Gasteiger partial charge in [0.05, 0.1) is 22.8 Å². The van der Waals surface area contributed by atoms with Gasteiger partial charge in [-0.15, -0.1) is 0 Å². The topological polar surface area (TPSA) is 90.0 Å². The minimum Gasteiger partial charge on any atom is -0.397 e. The highest BCUT2D eigenvalue weighted by Gasteiger charge is 2.11. The van der Waals surface area contributed by atoms with Gasteiger partial charge in [-0.2, -0.15) is 5.10 Å². The van der Waals surface area contributed by atoms with Gasteiger partial charge in [-0.25, -0.2) is 8.42 Å². The van der Waals surface area contributed by atoms with E-state index in [-0.39, 0.29) is 10.9 Å². The number of sulfone groups is 1. The lowest BCUT2D eigenvalue weighted by atomic mass is 10.2. The fraction of sp³-hybridized carbons (Fsp3) is 0.308. The number of aromatic nitrogens is 2. The van der Waals surface area contributed by atoms with Crippen molar-refractivity contribution in [3.8, 4) is 0 Å². The number of benzene rings is 1. The van der Waals surface area contributed by atoms with E-state index in [4.69, 9.17) is 5.73 Å². The van der Waals surface area contributed by atoms with E-state index in [0.717, 1.165) is 11.9 Å². The third kappa shape index (κ3) is 3.51. The van der Waals surface area contributed by atoms with Crippen LogP contribution in [0.3, 0.4) is 0 Å². The van der Waals surface area contributed by atoms with E-state index in [0.29, 0.717) is 12.2 Å². The molecule has 20 heavy (non-hydrogen) atoms. The van der Waals surface area contributed by atoms with Crippen molar-refractivity contribution in [2.45, 2.75) is 24.4 Å². The first kappa shape index (κ1) is 14.4. The van der Waals surface area contributed by atoms with Crippen molar-refractivity contribution in [3.05, 3.63) is 36.7 Å². The predicted octanol–water partition coefficient (Wildman–Crippen LogP) is 1.37. The van der Waals surface area contributed by atoms with Crippen LogP contribution >= 0.6 is 0 Å². The van der Waals surface area contributed by atoms with Crippen LogP contribution in [0.1, 0.15) is 6.92 Å². The second kappa shape index (κ2) is 5.54. The zero-order valence-corrected chi connectivity index (χ0v) is 12.3. The number of nitrogens with two attached hydrogens (primary N) is 1. The first-order chi connectivity index (χ1) is 9.36. The summed E-state index contributed by atoms with van der Waals surface area (Å²) in [4.78, 5) is 0.222. The highest BCUT2D eigenvalue weighted by atomic mass is 32.2. The molecule has 1 atom stereocenters. The van der Waals surface area contributed by atoms with Crippen LogP contribution in [-0.2, 0) is 16.4 Å². The van der Waals surface area contributed by atoms with Crippen molar-refractivity contribution in [1.82, 2.24) is 9.78 Å². The van der Waals surface area contributed by atoms with Crippen molar-refractivity contribution in [2.75, 3.05) is 17.3 Å². The number of nitrogens with zero attached hydrogens (tertiary/aromatic N) is 2. The Kier molecular flexibility index (Phi) is 3.99. The van der Waals surface area contributed by atoms with Crippen LogP contribution in [0.4, 0.5) is 11.4 Å². The fourth-order valence-electron chi connectivity index (χ4n) is 1.90. The molecule has 1 unspecified atom stereocenters. The number of anilines is 2. The largest absolute Gasteiger partial charge is 0.397 e. The summed E-state index contributed by atoms with van der Waals surface area (Å²) >= 11 is 0. The summed E-state index contributed by atoms with van der Waals surface area (Å²) in [6.07, 6.45) is 4.77. The minimum atomic E-state index is -3.23. The van der Waals surface area contributed by atoms with Crippen LogP contribution in [-0.4, -0.2) is 30.5 Å². The number of rotatable bonds is 5. The molecule has 0 aliphatic carbocycles. The average Bonchev–Trinajstić information content (AvgIpc) is 2.83. The van der Waals surface area contributed by atoms with E-state index >= 15 is 0 Å². The second-order valence-corrected chi connectivity index (χ2v) is 6.81. The van der Waals surface area contributed by atoms with Crippen LogP contribution in [0.25, 0.3) is 0 Å². The lowest BCUT2D eigenvalue weighted by molar-refractivity contribution is 0.561. The molecule has 108 valence electrons. The average molecular weight is 294 g/mol. The normalized spacial score (nSPS) is 13.1. The van der Waals surface area contributed by atoms with Crippen molar-refractivity contribution in [1.29, 1.82) is 0 Å². The molecule has 0 spiro atoms. The maximum Gasteiger partial charge on any atom is 0.175 e. The minimum absolute atomic E-state index is 0.112. The van der Waals surface area contributed by atoms with Crippen molar-refractivity contribution in [2.24, 2.45) is 0 Å². The smallest absolute Gasteiger partial charge is 0.175 e. The van der Waals surface area contributed by atoms with Crippen LogP contribution in [0.15, 0.2) is 41.6 Å². The molecule has 1 aromatic heterocycles. The third-order valence-corrected chi connectivity index (χ3v) is 3.98. The lowest BCUT2D eigenvalue weighted by Crippen LogP contribution is -2.22. The number of nitrogen functional groups attached to an aromatic ring is 1. The lowest BCUT2D eigenvalue weighted by Gasteiger charge is -2.17. The highest BCUT2D eigenvalue weighted by molar-refractivity contribution is 7.90. The molecule has 7 heteroatoms. The van der Waals surface area contributed by atoms with E-state index in [1.807, 2.05) is 23.9 Å². The van der Waals surface area contributed by atoms with E-state index in [2.05, 4.69) is 10.4 Å². The zero-order chi connectivity index (χ0) is 14.8. The molecule has 0 radical (unpaired) electrons. The van der Waals surface area contributed by atoms with Crippen LogP contribution in [0.2, 0.25) is 0 Å². The molecule has 0 bridgehead atoms. The van der Waals surface area contributed by atoms with Gasteiger partial charge >= 0.3 is 0 Å². The third-order valence-electron chi connectivity index (χ3n) is 2.87. The zero-order valence-electron chi connectivity index (χ0n) is 11.4. The molecule has 3 N–H and O–H groups in total. The van der Waals surface area contributed by atoms with Gasteiger partial charge in [0.1, 0.15) is 0 Å². The molecule has 2 rings (SSSR count). The predicted molar refractivity (Wildman–Crippen MR) is 79.3 cm³/mol. The molecule has 0 saturated heterocycles. The van der Waals surface area contributed by atoms with Gasteiger partial charge in [-0.3, -0.25) is 4.68 Å². The Balaban J connectivity index is 2.10. The maximum atomic E-state index is 11.4. The molecule has 0 saturated carbocycles. The monoisotopic (exact) mass is 294 g/mol. The molecular weight excluding hydrogens is 276 g/mol. The van der Waals surface area contributed by atoms with Crippen molar-refractivity contribution >= 4 is 21.2 Å². The summed E-state index contributed by atoms with van der Waals surface area (Å²) in [5.74, 6) is 0. The Morgan fingerprint density at radius 3 is 2.75 bits per heavy atom. The maximum absolute atomic E-state index is 11.4. The summed E-state index contributed by atoms with van der Waals surface area (Å²) < 4.78 is 24.7. The number of nitrogens with one attached hydrogen (secondary N) is 1. The SMILES string of the molecule is CC(Cn1cccn1)Nc1ccc(S(C)(=O)=O)cc1N. The summed E-state index contributed by atoms with van der Waals surface area (Å²) in [5.41, 5.74) is 7.03. The highest BCUT2D eigenvalue weighted by Crippen LogP contribution is 2.23. The summed E-state index contributed by atoms with van der Waals surface area (Å²) in [7, 11) is -3.23. The van der Waals surface area contributed by atoms with Gasteiger partial charge < -0.3 is 11.1 Å². The molecule has 0 fully saturated rings. The molecule has 1 aromatic carbocycles. The first-order valence-electron chi connectivity index (χ1n) is 6.20. The molecule has 2 aromatic rings. The fourth-order valence-corrected chi connectivity index (χ4v) is 2.56. The van der Waals surface area contributed by atoms with E-state index in [1.165, 1.54) is 6.07 Å². The van der Waals surface area contributed by atoms with E-state index in [1.54, 1.807) is 18.3 Å². The van der Waals surface area contributed by atoms with Gasteiger partial charge in [-0.05, 0) is 31.2 Å². The van der Waals surface area contributed by atoms with Gasteiger partial charge in [0.25, 0.3) is 0 Å². The molecule has 1 heterocycles. The van der Waals surface area contributed by atoms with Crippen LogP contribution in [0, 0.1) is 0 Å². The summed E-state index contributed by atoms with van der Waals surface area (Å²) in [5, 5.41) is 7.38. The van der Waals surface area contributed by atoms with Crippen molar-refractivity contribution < 1.29 is 8.42 Å². The van der Waals surface area contributed by atoms with Gasteiger partial charge in [0, 0.05) is 24.7 Å². The second-order valence-electron chi connectivity index (χ2n) is 4.79. The number of hydrogen-bond donors (Lipinski definition) is 2. The van der Waals surface area contributed by atoms with Crippen LogP contribution < -0.4 is 11.1 Å². The Morgan fingerprint density at radius 2 is 2.20 bits per heavy atom. The van der Waals surface area contributed by atoms with Gasteiger partial charge in [0.15, 0.2) is 9.84 Å². The molecule has 0 aliphatic rings. The first-order valence-corrected chi connectivity index (χ1v) is 8.09. The Bertz CT molecular complexity index is 680. The molecule has 0 amide bonds. The summed E-state index contributed by atoms with van der Waals surface area (Å²) in [6.45, 7) is 2.70. The van der Waals surface area contributed by atoms with Gasteiger partial charge in [-0.1, -0.05) is 0 Å². The van der Waals surface area contributed by atoms with Gasteiger partial charge in [0.2, 0.25) is 0 Å². The number of hydrogen-bond acceptors (Lipinski definition) is 5. The Morgan fingerprint density at radius 1 is 1.45 bits per heavy atom.